The highest BCUT2D eigenvalue weighted by atomic mass is 32.1. The number of methoxy groups -OCH3 is 1. The fourth-order valence-electron chi connectivity index (χ4n) is 3.06. The third-order valence-corrected chi connectivity index (χ3v) is 5.34. The molecule has 0 fully saturated rings. The van der Waals surface area contributed by atoms with Crippen LogP contribution < -0.4 is 10.1 Å². The van der Waals surface area contributed by atoms with Gasteiger partial charge in [-0.2, -0.15) is 0 Å². The normalized spacial score (nSPS) is 11.2. The Kier molecular flexibility index (Phi) is 5.02. The third kappa shape index (κ3) is 3.58. The topological polar surface area (TPSA) is 90.1 Å². The summed E-state index contributed by atoms with van der Waals surface area (Å²) >= 11 is 1.36. The van der Waals surface area contributed by atoms with Crippen LogP contribution in [0.15, 0.2) is 40.2 Å². The summed E-state index contributed by atoms with van der Waals surface area (Å²) in [7, 11) is 1.62. The molecule has 0 spiro atoms. The molecule has 29 heavy (non-hydrogen) atoms. The lowest BCUT2D eigenvalue weighted by Crippen LogP contribution is -2.13. The van der Waals surface area contributed by atoms with Crippen LogP contribution in [-0.2, 0) is 0 Å². The number of nitrogens with zero attached hydrogens (tertiary/aromatic N) is 3. The van der Waals surface area contributed by atoms with Gasteiger partial charge < -0.3 is 9.26 Å². The molecule has 0 saturated heterocycles. The minimum absolute atomic E-state index is 0.147. The molecule has 7 nitrogen and oxygen atoms in total. The van der Waals surface area contributed by atoms with E-state index in [1.165, 1.54) is 11.3 Å². The molecule has 3 aromatic heterocycles. The van der Waals surface area contributed by atoms with E-state index in [0.717, 1.165) is 22.7 Å². The smallest absolute Gasteiger partial charge is 0.259 e. The number of aryl methyl sites for hydroxylation is 1. The van der Waals surface area contributed by atoms with Gasteiger partial charge >= 0.3 is 0 Å². The predicted octanol–water partition coefficient (Wildman–Crippen LogP) is 5.04. The molecule has 3 heterocycles. The zero-order chi connectivity index (χ0) is 20.5. The van der Waals surface area contributed by atoms with E-state index in [2.05, 4.69) is 20.4 Å². The number of pyridine rings is 1. The van der Waals surface area contributed by atoms with Crippen molar-refractivity contribution in [1.82, 2.24) is 15.1 Å². The zero-order valence-electron chi connectivity index (χ0n) is 16.5. The van der Waals surface area contributed by atoms with Gasteiger partial charge in [-0.1, -0.05) is 31.1 Å². The molecule has 0 unspecified atom stereocenters. The van der Waals surface area contributed by atoms with Crippen LogP contribution in [0.3, 0.4) is 0 Å². The standard InChI is InChI=1S/C21H20N4O3S/c1-11(2)15-9-14(18-12(3)25-28-20(18)22-15)19(26)24-21-23-16(10-29-21)13-7-5-6-8-17(13)27-4/h5-11H,1-4H3,(H,23,24,26). The summed E-state index contributed by atoms with van der Waals surface area (Å²) in [5, 5.41) is 9.86. The Morgan fingerprint density at radius 3 is 2.79 bits per heavy atom. The number of amides is 1. The summed E-state index contributed by atoms with van der Waals surface area (Å²) in [4.78, 5) is 22.1. The number of aromatic nitrogens is 3. The molecule has 0 bridgehead atoms. The maximum atomic E-state index is 13.1. The number of rotatable bonds is 5. The Balaban J connectivity index is 1.67. The van der Waals surface area contributed by atoms with E-state index >= 15 is 0 Å². The summed E-state index contributed by atoms with van der Waals surface area (Å²) in [5.74, 6) is 0.605. The van der Waals surface area contributed by atoms with Crippen LogP contribution in [-0.4, -0.2) is 28.1 Å². The highest BCUT2D eigenvalue weighted by molar-refractivity contribution is 7.14. The van der Waals surface area contributed by atoms with Crippen LogP contribution in [0, 0.1) is 6.92 Å². The van der Waals surface area contributed by atoms with Gasteiger partial charge in [0.1, 0.15) is 5.75 Å². The first-order valence-electron chi connectivity index (χ1n) is 9.15. The molecule has 0 aliphatic rings. The van der Waals surface area contributed by atoms with Crippen LogP contribution in [0.4, 0.5) is 5.13 Å². The molecule has 1 amide bonds. The van der Waals surface area contributed by atoms with E-state index < -0.39 is 0 Å². The fraction of sp³-hybridized carbons (Fsp3) is 0.238. The van der Waals surface area contributed by atoms with Gasteiger partial charge in [-0.15, -0.1) is 11.3 Å². The van der Waals surface area contributed by atoms with Gasteiger partial charge in [0.25, 0.3) is 11.6 Å². The summed E-state index contributed by atoms with van der Waals surface area (Å²) in [5.41, 5.74) is 3.86. The number of anilines is 1. The SMILES string of the molecule is COc1ccccc1-c1csc(NC(=O)c2cc(C(C)C)nc3onc(C)c23)n1. The summed E-state index contributed by atoms with van der Waals surface area (Å²) in [6.07, 6.45) is 0. The van der Waals surface area contributed by atoms with Gasteiger partial charge in [0, 0.05) is 16.6 Å². The first-order chi connectivity index (χ1) is 14.0. The molecule has 1 N–H and O–H groups in total. The first-order valence-corrected chi connectivity index (χ1v) is 10.0. The van der Waals surface area contributed by atoms with Crippen molar-refractivity contribution in [2.75, 3.05) is 12.4 Å². The number of nitrogens with one attached hydrogen (secondary N) is 1. The molecule has 0 aliphatic carbocycles. The second kappa shape index (κ2) is 7.63. The van der Waals surface area contributed by atoms with Crippen molar-refractivity contribution in [1.29, 1.82) is 0 Å². The lowest BCUT2D eigenvalue weighted by atomic mass is 10.0. The number of thiazole rings is 1. The number of ether oxygens (including phenoxy) is 1. The van der Waals surface area contributed by atoms with Crippen molar-refractivity contribution in [3.05, 3.63) is 52.7 Å². The van der Waals surface area contributed by atoms with E-state index in [9.17, 15) is 4.79 Å². The average molecular weight is 408 g/mol. The van der Waals surface area contributed by atoms with Crippen molar-refractivity contribution in [3.63, 3.8) is 0 Å². The van der Waals surface area contributed by atoms with E-state index in [4.69, 9.17) is 9.26 Å². The fourth-order valence-corrected chi connectivity index (χ4v) is 3.77. The Morgan fingerprint density at radius 2 is 2.03 bits per heavy atom. The minimum Gasteiger partial charge on any atom is -0.496 e. The van der Waals surface area contributed by atoms with Gasteiger partial charge in [0.15, 0.2) is 5.13 Å². The second-order valence-corrected chi connectivity index (χ2v) is 7.75. The van der Waals surface area contributed by atoms with E-state index in [1.807, 2.05) is 43.5 Å². The van der Waals surface area contributed by atoms with Gasteiger partial charge in [-0.3, -0.25) is 10.1 Å². The van der Waals surface area contributed by atoms with Crippen molar-refractivity contribution >= 4 is 33.5 Å². The van der Waals surface area contributed by atoms with Crippen molar-refractivity contribution in [2.45, 2.75) is 26.7 Å². The molecule has 8 heteroatoms. The lowest BCUT2D eigenvalue weighted by Gasteiger charge is -2.08. The number of carbonyl (C=O) groups excluding carboxylic acids is 1. The maximum absolute atomic E-state index is 13.1. The summed E-state index contributed by atoms with van der Waals surface area (Å²) < 4.78 is 10.7. The van der Waals surface area contributed by atoms with E-state index in [0.29, 0.717) is 27.5 Å². The molecule has 4 aromatic rings. The number of carbonyl (C=O) groups is 1. The lowest BCUT2D eigenvalue weighted by molar-refractivity contribution is 0.102. The molecular weight excluding hydrogens is 388 g/mol. The Labute approximate surface area is 171 Å². The molecule has 1 aromatic carbocycles. The predicted molar refractivity (Wildman–Crippen MR) is 113 cm³/mol. The summed E-state index contributed by atoms with van der Waals surface area (Å²) in [6, 6.07) is 9.43. The molecule has 4 rings (SSSR count). The molecule has 0 atom stereocenters. The maximum Gasteiger partial charge on any atom is 0.259 e. The van der Waals surface area contributed by atoms with Crippen LogP contribution in [0.2, 0.25) is 0 Å². The number of hydrogen-bond acceptors (Lipinski definition) is 7. The van der Waals surface area contributed by atoms with Crippen molar-refractivity contribution in [2.24, 2.45) is 0 Å². The zero-order valence-corrected chi connectivity index (χ0v) is 17.3. The largest absolute Gasteiger partial charge is 0.496 e. The van der Waals surface area contributed by atoms with Crippen molar-refractivity contribution < 1.29 is 14.1 Å². The van der Waals surface area contributed by atoms with Crippen LogP contribution >= 0.6 is 11.3 Å². The molecule has 0 radical (unpaired) electrons. The van der Waals surface area contributed by atoms with Crippen LogP contribution in [0.5, 0.6) is 5.75 Å². The number of benzene rings is 1. The van der Waals surface area contributed by atoms with E-state index in [1.54, 1.807) is 20.1 Å². The molecule has 0 aliphatic heterocycles. The van der Waals surface area contributed by atoms with Gasteiger partial charge in [-0.25, -0.2) is 9.97 Å². The molecule has 0 saturated carbocycles. The Morgan fingerprint density at radius 1 is 1.24 bits per heavy atom. The van der Waals surface area contributed by atoms with Gasteiger partial charge in [0.05, 0.1) is 29.4 Å². The first kappa shape index (κ1) is 19.1. The van der Waals surface area contributed by atoms with Crippen molar-refractivity contribution in [3.8, 4) is 17.0 Å². The average Bonchev–Trinajstić information content (AvgIpc) is 3.34. The van der Waals surface area contributed by atoms with Gasteiger partial charge in [0.2, 0.25) is 0 Å². The molecular formula is C21H20N4O3S. The third-order valence-electron chi connectivity index (χ3n) is 4.58. The number of para-hydroxylation sites is 1. The highest BCUT2D eigenvalue weighted by Crippen LogP contribution is 2.32. The Hall–Kier alpha value is -3.26. The highest BCUT2D eigenvalue weighted by Gasteiger charge is 2.21. The van der Waals surface area contributed by atoms with Gasteiger partial charge in [-0.05, 0) is 31.0 Å². The second-order valence-electron chi connectivity index (χ2n) is 6.89. The number of hydrogen-bond donors (Lipinski definition) is 1. The Bertz CT molecular complexity index is 1200. The van der Waals surface area contributed by atoms with Crippen LogP contribution in [0.1, 0.15) is 41.5 Å². The minimum atomic E-state index is -0.272. The van der Waals surface area contributed by atoms with E-state index in [-0.39, 0.29) is 11.8 Å². The monoisotopic (exact) mass is 408 g/mol. The molecule has 148 valence electrons. The summed E-state index contributed by atoms with van der Waals surface area (Å²) in [6.45, 7) is 5.82. The number of fused-ring (bicyclic) bond motifs is 1. The van der Waals surface area contributed by atoms with Crippen LogP contribution in [0.25, 0.3) is 22.4 Å². The quantitative estimate of drug-likeness (QED) is 0.498.